The molecule has 0 fully saturated rings. The number of aromatic nitrogens is 2. The van der Waals surface area contributed by atoms with Crippen LogP contribution in [-0.4, -0.2) is 28.7 Å². The molecule has 1 N–H and O–H groups in total. The summed E-state index contributed by atoms with van der Waals surface area (Å²) in [5, 5.41) is 11.1. The molecule has 0 atom stereocenters. The van der Waals surface area contributed by atoms with E-state index < -0.39 is 18.5 Å². The minimum absolute atomic E-state index is 0.0331. The molecule has 0 unspecified atom stereocenters. The second kappa shape index (κ2) is 7.53. The van der Waals surface area contributed by atoms with Crippen LogP contribution in [0.1, 0.15) is 10.6 Å². The van der Waals surface area contributed by atoms with Crippen molar-refractivity contribution in [3.8, 4) is 11.5 Å². The molecular weight excluding hydrogens is 386 g/mol. The van der Waals surface area contributed by atoms with Crippen LogP contribution < -0.4 is 5.32 Å². The lowest BCUT2D eigenvalue weighted by molar-refractivity contribution is -0.119. The lowest BCUT2D eigenvalue weighted by Gasteiger charge is -2.01. The van der Waals surface area contributed by atoms with Crippen LogP contribution in [0.15, 0.2) is 63.4 Å². The lowest BCUT2D eigenvalue weighted by Crippen LogP contribution is -2.20. The summed E-state index contributed by atoms with van der Waals surface area (Å²) < 4.78 is 15.7. The van der Waals surface area contributed by atoms with Crippen molar-refractivity contribution in [2.24, 2.45) is 0 Å². The number of halogens is 1. The molecule has 28 heavy (non-hydrogen) atoms. The summed E-state index contributed by atoms with van der Waals surface area (Å²) in [6, 6.07) is 15.4. The molecule has 8 nitrogen and oxygen atoms in total. The van der Waals surface area contributed by atoms with Gasteiger partial charge in [0.05, 0.1) is 0 Å². The van der Waals surface area contributed by atoms with E-state index in [2.05, 4.69) is 15.5 Å². The third kappa shape index (κ3) is 3.86. The molecule has 0 aliphatic heterocycles. The van der Waals surface area contributed by atoms with E-state index in [0.717, 1.165) is 0 Å². The molecule has 0 bridgehead atoms. The summed E-state index contributed by atoms with van der Waals surface area (Å²) in [6.07, 6.45) is 0. The monoisotopic (exact) mass is 397 g/mol. The molecule has 4 rings (SSSR count). The molecule has 9 heteroatoms. The van der Waals surface area contributed by atoms with Gasteiger partial charge < -0.3 is 13.6 Å². The molecule has 2 heterocycles. The molecule has 1 amide bonds. The van der Waals surface area contributed by atoms with Gasteiger partial charge in [-0.25, -0.2) is 4.79 Å². The zero-order valence-electron chi connectivity index (χ0n) is 14.2. The molecule has 0 radical (unpaired) electrons. The number of furan rings is 1. The van der Waals surface area contributed by atoms with Gasteiger partial charge in [-0.05, 0) is 36.4 Å². The topological polar surface area (TPSA) is 107 Å². The van der Waals surface area contributed by atoms with E-state index in [0.29, 0.717) is 21.6 Å². The Labute approximate surface area is 163 Å². The minimum Gasteiger partial charge on any atom is -0.450 e. The van der Waals surface area contributed by atoms with Crippen LogP contribution in [0.4, 0.5) is 6.01 Å². The van der Waals surface area contributed by atoms with E-state index in [-0.39, 0.29) is 17.7 Å². The van der Waals surface area contributed by atoms with Crippen LogP contribution in [0, 0.1) is 0 Å². The van der Waals surface area contributed by atoms with Gasteiger partial charge >= 0.3 is 12.0 Å². The number of amides is 1. The predicted octanol–water partition coefficient (Wildman–Crippen LogP) is 3.93. The Bertz CT molecular complexity index is 1150. The number of carbonyl (C=O) groups is 2. The fraction of sp³-hybridized carbons (Fsp3) is 0.0526. The van der Waals surface area contributed by atoms with Crippen molar-refractivity contribution < 1.29 is 23.2 Å². The Balaban J connectivity index is 1.35. The zero-order valence-corrected chi connectivity index (χ0v) is 15.0. The predicted molar refractivity (Wildman–Crippen MR) is 99.9 cm³/mol. The summed E-state index contributed by atoms with van der Waals surface area (Å²) in [5.41, 5.74) is 1.20. The molecule has 2 aromatic heterocycles. The first-order chi connectivity index (χ1) is 13.6. The number of anilines is 1. The van der Waals surface area contributed by atoms with E-state index in [1.165, 1.54) is 6.07 Å². The molecular formula is C19H12ClN3O5. The van der Waals surface area contributed by atoms with Crippen molar-refractivity contribution in [2.75, 3.05) is 11.9 Å². The maximum Gasteiger partial charge on any atom is 0.374 e. The summed E-state index contributed by atoms with van der Waals surface area (Å²) in [6.45, 7) is -0.542. The smallest absolute Gasteiger partial charge is 0.374 e. The molecule has 2 aromatic carbocycles. The van der Waals surface area contributed by atoms with Gasteiger partial charge in [-0.1, -0.05) is 34.9 Å². The normalized spacial score (nSPS) is 10.8. The Hall–Kier alpha value is -3.65. The molecule has 0 saturated carbocycles. The third-order valence-electron chi connectivity index (χ3n) is 3.71. The van der Waals surface area contributed by atoms with Crippen molar-refractivity contribution in [3.05, 3.63) is 65.4 Å². The fourth-order valence-corrected chi connectivity index (χ4v) is 2.62. The molecule has 0 spiro atoms. The summed E-state index contributed by atoms with van der Waals surface area (Å²) in [5.74, 6) is -1.18. The van der Waals surface area contributed by atoms with Gasteiger partial charge in [0.15, 0.2) is 6.61 Å². The Morgan fingerprint density at radius 3 is 2.68 bits per heavy atom. The first-order valence-corrected chi connectivity index (χ1v) is 8.51. The van der Waals surface area contributed by atoms with Gasteiger partial charge in [-0.2, -0.15) is 0 Å². The van der Waals surface area contributed by atoms with E-state index in [1.54, 1.807) is 30.3 Å². The number of nitrogens with zero attached hydrogens (tertiary/aromatic N) is 2. The highest BCUT2D eigenvalue weighted by Gasteiger charge is 2.17. The summed E-state index contributed by atoms with van der Waals surface area (Å²) in [7, 11) is 0. The van der Waals surface area contributed by atoms with Crippen molar-refractivity contribution in [1.82, 2.24) is 10.2 Å². The number of rotatable bonds is 5. The fourth-order valence-electron chi connectivity index (χ4n) is 2.44. The summed E-state index contributed by atoms with van der Waals surface area (Å²) in [4.78, 5) is 24.0. The van der Waals surface area contributed by atoms with Crippen LogP contribution in [0.3, 0.4) is 0 Å². The summed E-state index contributed by atoms with van der Waals surface area (Å²) >= 11 is 5.90. The highest BCUT2D eigenvalue weighted by Crippen LogP contribution is 2.23. The molecule has 0 aliphatic rings. The van der Waals surface area contributed by atoms with Crippen LogP contribution in [-0.2, 0) is 9.53 Å². The van der Waals surface area contributed by atoms with Crippen LogP contribution in [0.2, 0.25) is 5.02 Å². The number of esters is 1. The quantitative estimate of drug-likeness (QED) is 0.508. The van der Waals surface area contributed by atoms with Crippen molar-refractivity contribution in [1.29, 1.82) is 0 Å². The van der Waals surface area contributed by atoms with Crippen molar-refractivity contribution >= 4 is 40.5 Å². The van der Waals surface area contributed by atoms with Crippen LogP contribution >= 0.6 is 11.6 Å². The number of hydrogen-bond acceptors (Lipinski definition) is 7. The number of carbonyl (C=O) groups excluding carboxylic acids is 2. The Morgan fingerprint density at radius 1 is 1.04 bits per heavy atom. The standard InChI is InChI=1S/C19H12ClN3O5/c20-13-6-7-14-12(8-13)9-15(27-14)18(25)26-10-16(24)21-19-23-22-17(28-19)11-4-2-1-3-5-11/h1-9H,10H2,(H,21,23,24). The van der Waals surface area contributed by atoms with Gasteiger partial charge in [-0.15, -0.1) is 5.10 Å². The number of nitrogens with one attached hydrogen (secondary N) is 1. The van der Waals surface area contributed by atoms with Gasteiger partial charge in [0.2, 0.25) is 11.7 Å². The van der Waals surface area contributed by atoms with Gasteiger partial charge in [0.25, 0.3) is 5.91 Å². The van der Waals surface area contributed by atoms with E-state index >= 15 is 0 Å². The van der Waals surface area contributed by atoms with E-state index in [4.69, 9.17) is 25.2 Å². The molecule has 4 aromatic rings. The number of ether oxygens (including phenoxy) is 1. The first-order valence-electron chi connectivity index (χ1n) is 8.13. The van der Waals surface area contributed by atoms with E-state index in [9.17, 15) is 9.59 Å². The third-order valence-corrected chi connectivity index (χ3v) is 3.94. The Kier molecular flexibility index (Phi) is 4.77. The lowest BCUT2D eigenvalue weighted by atomic mass is 10.2. The first kappa shape index (κ1) is 17.7. The minimum atomic E-state index is -0.780. The van der Waals surface area contributed by atoms with Gasteiger partial charge in [0.1, 0.15) is 5.58 Å². The largest absolute Gasteiger partial charge is 0.450 e. The van der Waals surface area contributed by atoms with Crippen molar-refractivity contribution in [2.45, 2.75) is 0 Å². The zero-order chi connectivity index (χ0) is 19.5. The number of benzene rings is 2. The van der Waals surface area contributed by atoms with Crippen molar-refractivity contribution in [3.63, 3.8) is 0 Å². The molecule has 140 valence electrons. The second-order valence-corrected chi connectivity index (χ2v) is 6.13. The SMILES string of the molecule is O=C(COC(=O)c1cc2cc(Cl)ccc2o1)Nc1nnc(-c2ccccc2)o1. The molecule has 0 aliphatic carbocycles. The number of hydrogen-bond donors (Lipinski definition) is 1. The average Bonchev–Trinajstić information content (AvgIpc) is 3.33. The van der Waals surface area contributed by atoms with Crippen LogP contribution in [0.25, 0.3) is 22.4 Å². The maximum atomic E-state index is 12.1. The van der Waals surface area contributed by atoms with Crippen LogP contribution in [0.5, 0.6) is 0 Å². The highest BCUT2D eigenvalue weighted by molar-refractivity contribution is 6.31. The van der Waals surface area contributed by atoms with Gasteiger partial charge in [-0.3, -0.25) is 10.1 Å². The Morgan fingerprint density at radius 2 is 1.86 bits per heavy atom. The van der Waals surface area contributed by atoms with E-state index in [1.807, 2.05) is 18.2 Å². The number of fused-ring (bicyclic) bond motifs is 1. The second-order valence-electron chi connectivity index (χ2n) is 5.70. The average molecular weight is 398 g/mol. The maximum absolute atomic E-state index is 12.1. The van der Waals surface area contributed by atoms with Gasteiger partial charge in [0, 0.05) is 16.0 Å². The molecule has 0 saturated heterocycles. The highest BCUT2D eigenvalue weighted by atomic mass is 35.5.